The third-order valence-corrected chi connectivity index (χ3v) is 6.39. The minimum absolute atomic E-state index is 0.221. The van der Waals surface area contributed by atoms with Crippen LogP contribution in [0.3, 0.4) is 0 Å². The van der Waals surface area contributed by atoms with Crippen LogP contribution in [0.4, 0.5) is 10.1 Å². The Balaban J connectivity index is 1.39. The molecule has 156 valence electrons. The van der Waals surface area contributed by atoms with E-state index in [2.05, 4.69) is 22.3 Å². The van der Waals surface area contributed by atoms with Crippen LogP contribution in [0.25, 0.3) is 11.3 Å². The second kappa shape index (κ2) is 7.85. The van der Waals surface area contributed by atoms with E-state index in [1.165, 1.54) is 30.5 Å². The fraction of sp³-hybridized carbons (Fsp3) is 0.375. The number of hydrogen-bond donors (Lipinski definition) is 2. The molecule has 2 N–H and O–H groups in total. The summed E-state index contributed by atoms with van der Waals surface area (Å²) in [5.74, 6) is -0.117. The Morgan fingerprint density at radius 3 is 2.93 bits per heavy atom. The summed E-state index contributed by atoms with van der Waals surface area (Å²) < 4.78 is 19.7. The molecule has 2 aromatic rings. The summed E-state index contributed by atoms with van der Waals surface area (Å²) in [6, 6.07) is 10.8. The molecule has 3 aliphatic rings. The highest BCUT2D eigenvalue weighted by atomic mass is 19.1. The van der Waals surface area contributed by atoms with Crippen LogP contribution in [0.1, 0.15) is 41.5 Å². The first kappa shape index (κ1) is 19.3. The van der Waals surface area contributed by atoms with Crippen molar-refractivity contribution in [3.63, 3.8) is 0 Å². The number of carbonyl (C=O) groups is 1. The van der Waals surface area contributed by atoms with Crippen molar-refractivity contribution < 1.29 is 19.0 Å². The maximum absolute atomic E-state index is 13.8. The molecule has 0 spiro atoms. The smallest absolute Gasteiger partial charge is 0.260 e. The molecule has 3 aliphatic heterocycles. The Morgan fingerprint density at radius 2 is 2.07 bits per heavy atom. The minimum Gasteiger partial charge on any atom is -0.487 e. The SMILES string of the molecule is O=C1Nc2ccc(F)cc2C1=C1OCc2cc(CCN3CCCCC3CO)ccc21. The summed E-state index contributed by atoms with van der Waals surface area (Å²) in [5, 5.41) is 12.4. The standard InChI is InChI=1S/C24H25FN2O3/c25-17-5-7-21-20(12-17)22(24(29)26-21)23-19-6-4-15(11-16(19)14-30-23)8-10-27-9-2-1-3-18(27)13-28/h4-7,11-12,18,28H,1-3,8-10,13-14H2,(H,26,29). The van der Waals surface area contributed by atoms with Gasteiger partial charge in [0.2, 0.25) is 0 Å². The van der Waals surface area contributed by atoms with E-state index in [0.29, 0.717) is 29.2 Å². The first-order chi connectivity index (χ1) is 14.6. The van der Waals surface area contributed by atoms with E-state index in [1.807, 2.05) is 6.07 Å². The average Bonchev–Trinajstić information content (AvgIpc) is 3.31. The third kappa shape index (κ3) is 3.40. The monoisotopic (exact) mass is 408 g/mol. The van der Waals surface area contributed by atoms with Gasteiger partial charge < -0.3 is 15.2 Å². The van der Waals surface area contributed by atoms with Crippen LogP contribution in [0.5, 0.6) is 0 Å². The quantitative estimate of drug-likeness (QED) is 0.760. The molecule has 5 rings (SSSR count). The van der Waals surface area contributed by atoms with Gasteiger partial charge in [0.15, 0.2) is 0 Å². The van der Waals surface area contributed by atoms with Crippen molar-refractivity contribution in [1.29, 1.82) is 0 Å². The van der Waals surface area contributed by atoms with Crippen LogP contribution in [0, 0.1) is 5.82 Å². The molecule has 1 atom stereocenters. The molecule has 0 saturated carbocycles. The van der Waals surface area contributed by atoms with Crippen LogP contribution < -0.4 is 5.32 Å². The van der Waals surface area contributed by atoms with E-state index in [9.17, 15) is 14.3 Å². The normalized spacial score (nSPS) is 23.1. The van der Waals surface area contributed by atoms with Crippen molar-refractivity contribution in [3.05, 3.63) is 64.5 Å². The van der Waals surface area contributed by atoms with Crippen LogP contribution in [0.2, 0.25) is 0 Å². The van der Waals surface area contributed by atoms with Gasteiger partial charge in [-0.3, -0.25) is 9.69 Å². The Bertz CT molecular complexity index is 1030. The number of ether oxygens (including phenoxy) is 1. The van der Waals surface area contributed by atoms with Gasteiger partial charge in [-0.05, 0) is 49.6 Å². The fourth-order valence-electron chi connectivity index (χ4n) is 4.78. The number of aliphatic hydroxyl groups excluding tert-OH is 1. The zero-order chi connectivity index (χ0) is 20.7. The van der Waals surface area contributed by atoms with E-state index >= 15 is 0 Å². The van der Waals surface area contributed by atoms with Gasteiger partial charge in [0, 0.05) is 35.0 Å². The van der Waals surface area contributed by atoms with Crippen molar-refractivity contribution in [2.75, 3.05) is 25.0 Å². The Kier molecular flexibility index (Phi) is 5.05. The second-order valence-corrected chi connectivity index (χ2v) is 8.25. The molecule has 5 nitrogen and oxygen atoms in total. The van der Waals surface area contributed by atoms with Gasteiger partial charge in [-0.2, -0.15) is 0 Å². The zero-order valence-electron chi connectivity index (χ0n) is 16.8. The van der Waals surface area contributed by atoms with Gasteiger partial charge in [0.1, 0.15) is 18.2 Å². The van der Waals surface area contributed by atoms with Gasteiger partial charge in [-0.15, -0.1) is 0 Å². The molecule has 3 heterocycles. The predicted octanol–water partition coefficient (Wildman–Crippen LogP) is 3.57. The number of anilines is 1. The number of nitrogens with one attached hydrogen (secondary N) is 1. The molecule has 2 aromatic carbocycles. The number of fused-ring (bicyclic) bond motifs is 2. The fourth-order valence-corrected chi connectivity index (χ4v) is 4.78. The largest absolute Gasteiger partial charge is 0.487 e. The molecule has 0 bridgehead atoms. The number of rotatable bonds is 4. The molecule has 0 aliphatic carbocycles. The maximum Gasteiger partial charge on any atom is 0.260 e. The van der Waals surface area contributed by atoms with Gasteiger partial charge in [-0.1, -0.05) is 24.6 Å². The molecular weight excluding hydrogens is 383 g/mol. The molecule has 6 heteroatoms. The number of nitrogens with zero attached hydrogens (tertiary/aromatic N) is 1. The summed E-state index contributed by atoms with van der Waals surface area (Å²) in [6.07, 6.45) is 4.35. The lowest BCUT2D eigenvalue weighted by Crippen LogP contribution is -2.42. The third-order valence-electron chi connectivity index (χ3n) is 6.39. The van der Waals surface area contributed by atoms with Crippen LogP contribution in [-0.4, -0.2) is 41.7 Å². The second-order valence-electron chi connectivity index (χ2n) is 8.25. The van der Waals surface area contributed by atoms with Crippen molar-refractivity contribution >= 4 is 22.9 Å². The van der Waals surface area contributed by atoms with Crippen LogP contribution in [0.15, 0.2) is 36.4 Å². The van der Waals surface area contributed by atoms with Gasteiger partial charge in [0.05, 0.1) is 12.2 Å². The van der Waals surface area contributed by atoms with Gasteiger partial charge in [-0.25, -0.2) is 4.39 Å². The first-order valence-electron chi connectivity index (χ1n) is 10.6. The molecular formula is C24H25FN2O3. The molecule has 1 amide bonds. The van der Waals surface area contributed by atoms with Crippen molar-refractivity contribution in [1.82, 2.24) is 4.90 Å². The average molecular weight is 408 g/mol. The van der Waals surface area contributed by atoms with E-state index in [4.69, 9.17) is 4.74 Å². The number of carbonyl (C=O) groups excluding carboxylic acids is 1. The summed E-state index contributed by atoms with van der Waals surface area (Å²) >= 11 is 0. The highest BCUT2D eigenvalue weighted by Crippen LogP contribution is 2.42. The van der Waals surface area contributed by atoms with Crippen LogP contribution in [-0.2, 0) is 22.6 Å². The lowest BCUT2D eigenvalue weighted by atomic mass is 9.97. The zero-order valence-corrected chi connectivity index (χ0v) is 16.8. The maximum atomic E-state index is 13.8. The summed E-state index contributed by atoms with van der Waals surface area (Å²) in [7, 11) is 0. The van der Waals surface area contributed by atoms with E-state index < -0.39 is 0 Å². The Labute approximate surface area is 175 Å². The number of hydrogen-bond acceptors (Lipinski definition) is 4. The molecule has 0 aromatic heterocycles. The molecule has 0 radical (unpaired) electrons. The van der Waals surface area contributed by atoms with Gasteiger partial charge in [0.25, 0.3) is 5.91 Å². The topological polar surface area (TPSA) is 61.8 Å². The predicted molar refractivity (Wildman–Crippen MR) is 113 cm³/mol. The Morgan fingerprint density at radius 1 is 1.17 bits per heavy atom. The number of benzene rings is 2. The summed E-state index contributed by atoms with van der Waals surface area (Å²) in [5.41, 5.74) is 4.71. The lowest BCUT2D eigenvalue weighted by Gasteiger charge is -2.34. The number of amides is 1. The van der Waals surface area contributed by atoms with Crippen molar-refractivity contribution in [2.24, 2.45) is 0 Å². The van der Waals surface area contributed by atoms with E-state index in [1.54, 1.807) is 6.07 Å². The number of halogens is 1. The van der Waals surface area contributed by atoms with Crippen molar-refractivity contribution in [3.8, 4) is 0 Å². The van der Waals surface area contributed by atoms with Gasteiger partial charge >= 0.3 is 0 Å². The molecule has 1 fully saturated rings. The summed E-state index contributed by atoms with van der Waals surface area (Å²) in [6.45, 7) is 2.59. The minimum atomic E-state index is -0.379. The first-order valence-corrected chi connectivity index (χ1v) is 10.6. The van der Waals surface area contributed by atoms with E-state index in [0.717, 1.165) is 37.1 Å². The number of aliphatic hydroxyl groups is 1. The van der Waals surface area contributed by atoms with E-state index in [-0.39, 0.29) is 24.4 Å². The molecule has 30 heavy (non-hydrogen) atoms. The molecule has 1 unspecified atom stereocenters. The number of likely N-dealkylation sites (tertiary alicyclic amines) is 1. The van der Waals surface area contributed by atoms with Crippen molar-refractivity contribution in [2.45, 2.75) is 38.3 Å². The highest BCUT2D eigenvalue weighted by molar-refractivity contribution is 6.36. The summed E-state index contributed by atoms with van der Waals surface area (Å²) in [4.78, 5) is 14.9. The molecule has 1 saturated heterocycles. The highest BCUT2D eigenvalue weighted by Gasteiger charge is 2.33. The lowest BCUT2D eigenvalue weighted by molar-refractivity contribution is -0.110. The Hall–Kier alpha value is -2.70. The number of piperidine rings is 1. The van der Waals surface area contributed by atoms with Crippen LogP contribution >= 0.6 is 0 Å².